The van der Waals surface area contributed by atoms with Crippen LogP contribution in [0.5, 0.6) is 0 Å². The van der Waals surface area contributed by atoms with E-state index in [9.17, 15) is 4.79 Å². The standard InChI is InChI=1S/C22H15N7O4/c30-22(31)14-6-4-5-13(11-14)17-10-9-16(32-17)12-23-27-19-18(24-15-7-2-1-3-8-15)25-20-21(26-19)29-33-28-20/h1-12H,(H,30,31)(H,24,25,28)(H,26,27,29)/b23-12+. The van der Waals surface area contributed by atoms with Gasteiger partial charge in [0.15, 0.2) is 11.6 Å². The number of rotatable bonds is 7. The minimum absolute atomic E-state index is 0.176. The number of carboxylic acid groups (broad SMARTS) is 1. The lowest BCUT2D eigenvalue weighted by molar-refractivity contribution is 0.0697. The fourth-order valence-electron chi connectivity index (χ4n) is 3.00. The van der Waals surface area contributed by atoms with Crippen molar-refractivity contribution in [3.8, 4) is 11.3 Å². The van der Waals surface area contributed by atoms with Crippen LogP contribution < -0.4 is 10.7 Å². The van der Waals surface area contributed by atoms with Gasteiger partial charge in [-0.1, -0.05) is 30.3 Å². The summed E-state index contributed by atoms with van der Waals surface area (Å²) in [6.07, 6.45) is 1.46. The summed E-state index contributed by atoms with van der Waals surface area (Å²) < 4.78 is 10.5. The zero-order valence-electron chi connectivity index (χ0n) is 16.8. The van der Waals surface area contributed by atoms with E-state index in [1.807, 2.05) is 30.3 Å². The van der Waals surface area contributed by atoms with Crippen molar-refractivity contribution < 1.29 is 18.9 Å². The molecule has 3 heterocycles. The largest absolute Gasteiger partial charge is 0.478 e. The first-order chi connectivity index (χ1) is 16.2. The lowest BCUT2D eigenvalue weighted by atomic mass is 10.1. The number of aromatic nitrogens is 4. The number of anilines is 3. The van der Waals surface area contributed by atoms with E-state index >= 15 is 0 Å². The van der Waals surface area contributed by atoms with Crippen LogP contribution in [0.1, 0.15) is 16.1 Å². The Morgan fingerprint density at radius 3 is 2.52 bits per heavy atom. The van der Waals surface area contributed by atoms with Crippen molar-refractivity contribution in [1.82, 2.24) is 20.3 Å². The number of hydrogen-bond donors (Lipinski definition) is 3. The van der Waals surface area contributed by atoms with Gasteiger partial charge in [0.2, 0.25) is 11.3 Å². The quantitative estimate of drug-likeness (QED) is 0.248. The lowest BCUT2D eigenvalue weighted by Gasteiger charge is -2.08. The van der Waals surface area contributed by atoms with E-state index < -0.39 is 5.97 Å². The zero-order chi connectivity index (χ0) is 22.6. The number of benzene rings is 2. The van der Waals surface area contributed by atoms with Crippen LogP contribution in [-0.4, -0.2) is 37.6 Å². The van der Waals surface area contributed by atoms with E-state index in [1.165, 1.54) is 12.3 Å². The third kappa shape index (κ3) is 4.37. The average molecular weight is 441 g/mol. The molecule has 0 aliphatic heterocycles. The molecule has 0 radical (unpaired) electrons. The predicted molar refractivity (Wildman–Crippen MR) is 119 cm³/mol. The zero-order valence-corrected chi connectivity index (χ0v) is 16.8. The molecule has 0 saturated carbocycles. The number of hydrazone groups is 1. The van der Waals surface area contributed by atoms with Crippen molar-refractivity contribution in [2.24, 2.45) is 5.10 Å². The Balaban J connectivity index is 1.36. The van der Waals surface area contributed by atoms with E-state index in [4.69, 9.17) is 14.2 Å². The van der Waals surface area contributed by atoms with Crippen LogP contribution >= 0.6 is 0 Å². The summed E-state index contributed by atoms with van der Waals surface area (Å²) in [6, 6.07) is 19.4. The Hall–Kier alpha value is -5.06. The van der Waals surface area contributed by atoms with Crippen LogP contribution in [0, 0.1) is 0 Å². The Morgan fingerprint density at radius 2 is 1.73 bits per heavy atom. The van der Waals surface area contributed by atoms with Gasteiger partial charge in [0.05, 0.1) is 11.8 Å². The maximum atomic E-state index is 11.2. The molecule has 0 amide bonds. The second-order valence-electron chi connectivity index (χ2n) is 6.78. The van der Waals surface area contributed by atoms with Crippen LogP contribution in [0.3, 0.4) is 0 Å². The number of aromatic carboxylic acids is 1. The van der Waals surface area contributed by atoms with Gasteiger partial charge in [0.1, 0.15) is 11.5 Å². The van der Waals surface area contributed by atoms with Crippen LogP contribution in [-0.2, 0) is 0 Å². The third-order valence-corrected chi connectivity index (χ3v) is 4.53. The summed E-state index contributed by atoms with van der Waals surface area (Å²) in [4.78, 5) is 19.9. The smallest absolute Gasteiger partial charge is 0.335 e. The predicted octanol–water partition coefficient (Wildman–Crippen LogP) is 4.16. The Bertz CT molecular complexity index is 1460. The number of fused-ring (bicyclic) bond motifs is 1. The van der Waals surface area contributed by atoms with Gasteiger partial charge in [0.25, 0.3) is 0 Å². The Morgan fingerprint density at radius 1 is 0.939 bits per heavy atom. The summed E-state index contributed by atoms with van der Waals surface area (Å²) in [5.41, 5.74) is 4.92. The SMILES string of the molecule is O=C(O)c1cccc(-c2ccc(/C=N/Nc3nc4nonc4nc3Nc3ccccc3)o2)c1. The van der Waals surface area contributed by atoms with Gasteiger partial charge < -0.3 is 14.8 Å². The molecule has 0 saturated heterocycles. The molecule has 2 aromatic carbocycles. The second-order valence-corrected chi connectivity index (χ2v) is 6.78. The van der Waals surface area contributed by atoms with E-state index in [2.05, 4.69) is 36.1 Å². The summed E-state index contributed by atoms with van der Waals surface area (Å²) >= 11 is 0. The minimum Gasteiger partial charge on any atom is -0.478 e. The van der Waals surface area contributed by atoms with Gasteiger partial charge in [-0.05, 0) is 46.7 Å². The van der Waals surface area contributed by atoms with Crippen molar-refractivity contribution in [3.05, 3.63) is 78.1 Å². The first-order valence-corrected chi connectivity index (χ1v) is 9.71. The Labute approximate surface area is 185 Å². The normalized spacial score (nSPS) is 11.2. The molecule has 0 atom stereocenters. The van der Waals surface area contributed by atoms with Crippen molar-refractivity contribution in [3.63, 3.8) is 0 Å². The number of nitrogens with one attached hydrogen (secondary N) is 2. The van der Waals surface area contributed by atoms with Gasteiger partial charge in [-0.2, -0.15) is 10.1 Å². The Kier molecular flexibility index (Phi) is 5.17. The average Bonchev–Trinajstić information content (AvgIpc) is 3.49. The minimum atomic E-state index is -1.00. The van der Waals surface area contributed by atoms with Gasteiger partial charge in [-0.25, -0.2) is 14.4 Å². The second kappa shape index (κ2) is 8.59. The van der Waals surface area contributed by atoms with Gasteiger partial charge in [-0.3, -0.25) is 5.43 Å². The van der Waals surface area contributed by atoms with Crippen molar-refractivity contribution in [2.45, 2.75) is 0 Å². The van der Waals surface area contributed by atoms with Crippen LogP contribution in [0.25, 0.3) is 22.6 Å². The fourth-order valence-corrected chi connectivity index (χ4v) is 3.00. The number of carboxylic acids is 1. The van der Waals surface area contributed by atoms with E-state index in [0.29, 0.717) is 28.7 Å². The molecular weight excluding hydrogens is 426 g/mol. The highest BCUT2D eigenvalue weighted by atomic mass is 16.6. The van der Waals surface area contributed by atoms with Crippen molar-refractivity contribution >= 4 is 40.8 Å². The molecule has 162 valence electrons. The lowest BCUT2D eigenvalue weighted by Crippen LogP contribution is -2.03. The van der Waals surface area contributed by atoms with Crippen molar-refractivity contribution in [2.75, 3.05) is 10.7 Å². The molecule has 0 bridgehead atoms. The number of hydrogen-bond acceptors (Lipinski definition) is 10. The van der Waals surface area contributed by atoms with E-state index in [0.717, 1.165) is 5.69 Å². The number of furan rings is 1. The molecule has 0 aliphatic carbocycles. The number of carbonyl (C=O) groups is 1. The molecule has 0 fully saturated rings. The van der Waals surface area contributed by atoms with E-state index in [-0.39, 0.29) is 16.9 Å². The first kappa shape index (κ1) is 19.9. The molecule has 11 nitrogen and oxygen atoms in total. The molecule has 0 spiro atoms. The molecule has 11 heteroatoms. The molecular formula is C22H15N7O4. The van der Waals surface area contributed by atoms with Crippen molar-refractivity contribution in [1.29, 1.82) is 0 Å². The summed E-state index contributed by atoms with van der Waals surface area (Å²) in [5, 5.41) is 23.9. The maximum Gasteiger partial charge on any atom is 0.335 e. The molecule has 5 aromatic rings. The number of para-hydroxylation sites is 1. The first-order valence-electron chi connectivity index (χ1n) is 9.71. The van der Waals surface area contributed by atoms with Gasteiger partial charge in [-0.15, -0.1) is 0 Å². The highest BCUT2D eigenvalue weighted by Crippen LogP contribution is 2.25. The van der Waals surface area contributed by atoms with Crippen LogP contribution in [0.4, 0.5) is 17.3 Å². The maximum absolute atomic E-state index is 11.2. The molecule has 3 N–H and O–H groups in total. The highest BCUT2D eigenvalue weighted by Gasteiger charge is 2.13. The van der Waals surface area contributed by atoms with Gasteiger partial charge >= 0.3 is 5.97 Å². The summed E-state index contributed by atoms with van der Waals surface area (Å²) in [7, 11) is 0. The monoisotopic (exact) mass is 441 g/mol. The summed E-state index contributed by atoms with van der Waals surface area (Å²) in [5.74, 6) is 0.648. The topological polar surface area (TPSA) is 152 Å². The summed E-state index contributed by atoms with van der Waals surface area (Å²) in [6.45, 7) is 0. The van der Waals surface area contributed by atoms with E-state index in [1.54, 1.807) is 30.3 Å². The molecule has 0 aliphatic rings. The van der Waals surface area contributed by atoms with Crippen LogP contribution in [0.2, 0.25) is 0 Å². The van der Waals surface area contributed by atoms with Gasteiger partial charge in [0, 0.05) is 11.3 Å². The molecule has 0 unspecified atom stereocenters. The highest BCUT2D eigenvalue weighted by molar-refractivity contribution is 5.89. The molecule has 5 rings (SSSR count). The van der Waals surface area contributed by atoms with Crippen LogP contribution in [0.15, 0.2) is 80.9 Å². The third-order valence-electron chi connectivity index (χ3n) is 4.53. The number of nitrogens with zero attached hydrogens (tertiary/aromatic N) is 5. The molecule has 33 heavy (non-hydrogen) atoms. The molecule has 3 aromatic heterocycles. The fraction of sp³-hybridized carbons (Fsp3) is 0.